The van der Waals surface area contributed by atoms with Crippen LogP contribution in [-0.2, 0) is 0 Å². The van der Waals surface area contributed by atoms with Crippen LogP contribution in [0.25, 0.3) is 0 Å². The largest absolute Gasteiger partial charge is 0.491 e. The van der Waals surface area contributed by atoms with E-state index < -0.39 is 0 Å². The van der Waals surface area contributed by atoms with E-state index in [4.69, 9.17) is 4.74 Å². The molecule has 0 saturated heterocycles. The van der Waals surface area contributed by atoms with Crippen LogP contribution in [0.5, 0.6) is 5.75 Å². The maximum atomic E-state index is 12.2. The molecule has 2 rings (SSSR count). The van der Waals surface area contributed by atoms with Crippen molar-refractivity contribution in [2.24, 2.45) is 0 Å². The Morgan fingerprint density at radius 2 is 1.84 bits per heavy atom. The average Bonchev–Trinajstić information content (AvgIpc) is 2.56. The highest BCUT2D eigenvalue weighted by atomic mass is 16.5. The van der Waals surface area contributed by atoms with Crippen molar-refractivity contribution in [2.75, 3.05) is 37.8 Å². The van der Waals surface area contributed by atoms with E-state index in [1.807, 2.05) is 40.1 Å². The first kappa shape index (κ1) is 18.7. The van der Waals surface area contributed by atoms with Gasteiger partial charge in [-0.25, -0.2) is 0 Å². The predicted molar refractivity (Wildman–Crippen MR) is 99.2 cm³/mol. The lowest BCUT2D eigenvalue weighted by Gasteiger charge is -2.11. The molecule has 1 heterocycles. The lowest BCUT2D eigenvalue weighted by molar-refractivity contribution is 0.102. The summed E-state index contributed by atoms with van der Waals surface area (Å²) in [6.45, 7) is 5.58. The number of carbonyl (C=O) groups is 1. The van der Waals surface area contributed by atoms with E-state index in [1.165, 1.54) is 0 Å². The molecule has 0 spiro atoms. The van der Waals surface area contributed by atoms with Crippen LogP contribution in [0.15, 0.2) is 36.4 Å². The standard InChI is InChI=1S/C18H25N5O2/c1-13(2)25-15-7-5-14(6-8-15)20-18(24)16-9-10-17(22-21-16)19-11-12-23(3)4/h5-10,13H,11-12H2,1-4H3,(H,19,22)(H,20,24). The molecule has 0 aliphatic rings. The Morgan fingerprint density at radius 1 is 1.12 bits per heavy atom. The minimum absolute atomic E-state index is 0.112. The molecule has 0 aliphatic carbocycles. The normalized spacial score (nSPS) is 10.8. The molecule has 0 aliphatic heterocycles. The van der Waals surface area contributed by atoms with Crippen LogP contribution in [0.4, 0.5) is 11.5 Å². The summed E-state index contributed by atoms with van der Waals surface area (Å²) in [6, 6.07) is 10.6. The second kappa shape index (κ2) is 8.98. The molecule has 0 fully saturated rings. The Kier molecular flexibility index (Phi) is 6.71. The molecule has 0 atom stereocenters. The van der Waals surface area contributed by atoms with Gasteiger partial charge in [0.25, 0.3) is 5.91 Å². The number of ether oxygens (including phenoxy) is 1. The highest BCUT2D eigenvalue weighted by molar-refractivity contribution is 6.02. The minimum atomic E-state index is -0.301. The molecule has 134 valence electrons. The number of nitrogens with one attached hydrogen (secondary N) is 2. The number of rotatable bonds is 8. The first-order chi connectivity index (χ1) is 11.9. The number of hydrogen-bond donors (Lipinski definition) is 2. The molecule has 2 N–H and O–H groups in total. The van der Waals surface area contributed by atoms with Gasteiger partial charge in [-0.2, -0.15) is 0 Å². The number of nitrogens with zero attached hydrogens (tertiary/aromatic N) is 3. The Balaban J connectivity index is 1.89. The molecule has 0 unspecified atom stereocenters. The molecular weight excluding hydrogens is 318 g/mol. The summed E-state index contributed by atoms with van der Waals surface area (Å²) in [6.07, 6.45) is 0.112. The summed E-state index contributed by atoms with van der Waals surface area (Å²) in [5.41, 5.74) is 0.941. The smallest absolute Gasteiger partial charge is 0.276 e. The van der Waals surface area contributed by atoms with Crippen molar-refractivity contribution in [1.29, 1.82) is 0 Å². The Hall–Kier alpha value is -2.67. The van der Waals surface area contributed by atoms with Crippen molar-refractivity contribution < 1.29 is 9.53 Å². The maximum absolute atomic E-state index is 12.2. The third kappa shape index (κ3) is 6.39. The van der Waals surface area contributed by atoms with Crippen molar-refractivity contribution in [3.8, 4) is 5.75 Å². The van der Waals surface area contributed by atoms with Crippen molar-refractivity contribution in [2.45, 2.75) is 20.0 Å². The van der Waals surface area contributed by atoms with E-state index >= 15 is 0 Å². The van der Waals surface area contributed by atoms with E-state index in [-0.39, 0.29) is 17.7 Å². The summed E-state index contributed by atoms with van der Waals surface area (Å²) in [5, 5.41) is 13.9. The van der Waals surface area contributed by atoms with E-state index in [9.17, 15) is 4.79 Å². The Morgan fingerprint density at radius 3 is 2.40 bits per heavy atom. The van der Waals surface area contributed by atoms with E-state index in [0.717, 1.165) is 18.8 Å². The molecule has 7 heteroatoms. The van der Waals surface area contributed by atoms with E-state index in [1.54, 1.807) is 24.3 Å². The summed E-state index contributed by atoms with van der Waals surface area (Å²) >= 11 is 0. The SMILES string of the molecule is CC(C)Oc1ccc(NC(=O)c2ccc(NCCN(C)C)nn2)cc1. The summed E-state index contributed by atoms with van der Waals surface area (Å²) in [7, 11) is 4.00. The number of carbonyl (C=O) groups excluding carboxylic acids is 1. The number of likely N-dealkylation sites (N-methyl/N-ethyl adjacent to an activating group) is 1. The van der Waals surface area contributed by atoms with Crippen molar-refractivity contribution >= 4 is 17.4 Å². The minimum Gasteiger partial charge on any atom is -0.491 e. The molecule has 0 saturated carbocycles. The molecule has 1 amide bonds. The number of hydrogen-bond acceptors (Lipinski definition) is 6. The van der Waals surface area contributed by atoms with Crippen molar-refractivity contribution in [3.05, 3.63) is 42.1 Å². The van der Waals surface area contributed by atoms with Gasteiger partial charge in [0, 0.05) is 18.8 Å². The van der Waals surface area contributed by atoms with Gasteiger partial charge < -0.3 is 20.3 Å². The van der Waals surface area contributed by atoms with Gasteiger partial charge in [0.15, 0.2) is 5.69 Å². The predicted octanol–water partition coefficient (Wildman–Crippen LogP) is 2.49. The second-order valence-corrected chi connectivity index (χ2v) is 6.18. The third-order valence-electron chi connectivity index (χ3n) is 3.25. The summed E-state index contributed by atoms with van der Waals surface area (Å²) in [5.74, 6) is 1.11. The Labute approximate surface area is 148 Å². The molecule has 25 heavy (non-hydrogen) atoms. The summed E-state index contributed by atoms with van der Waals surface area (Å²) < 4.78 is 5.57. The van der Waals surface area contributed by atoms with Gasteiger partial charge in [-0.1, -0.05) is 0 Å². The van der Waals surface area contributed by atoms with Gasteiger partial charge >= 0.3 is 0 Å². The van der Waals surface area contributed by atoms with Crippen LogP contribution < -0.4 is 15.4 Å². The number of benzene rings is 1. The van der Waals surface area contributed by atoms with Crippen LogP contribution in [0, 0.1) is 0 Å². The van der Waals surface area contributed by atoms with E-state index in [2.05, 4.69) is 25.7 Å². The zero-order valence-electron chi connectivity index (χ0n) is 15.1. The molecule has 1 aromatic heterocycles. The quantitative estimate of drug-likeness (QED) is 0.767. The highest BCUT2D eigenvalue weighted by Crippen LogP contribution is 2.17. The highest BCUT2D eigenvalue weighted by Gasteiger charge is 2.09. The van der Waals surface area contributed by atoms with Crippen molar-refractivity contribution in [1.82, 2.24) is 15.1 Å². The van der Waals surface area contributed by atoms with Crippen LogP contribution in [0.3, 0.4) is 0 Å². The van der Waals surface area contributed by atoms with Crippen LogP contribution in [-0.4, -0.2) is 54.3 Å². The zero-order chi connectivity index (χ0) is 18.2. The monoisotopic (exact) mass is 343 g/mol. The average molecular weight is 343 g/mol. The fraction of sp³-hybridized carbons (Fsp3) is 0.389. The van der Waals surface area contributed by atoms with Crippen molar-refractivity contribution in [3.63, 3.8) is 0 Å². The van der Waals surface area contributed by atoms with Gasteiger partial charge in [-0.05, 0) is 64.3 Å². The molecule has 7 nitrogen and oxygen atoms in total. The first-order valence-corrected chi connectivity index (χ1v) is 8.24. The molecule has 0 radical (unpaired) electrons. The van der Waals surface area contributed by atoms with Gasteiger partial charge in [-0.15, -0.1) is 10.2 Å². The molecule has 2 aromatic rings. The second-order valence-electron chi connectivity index (χ2n) is 6.18. The number of aromatic nitrogens is 2. The van der Waals surface area contributed by atoms with Gasteiger partial charge in [0.1, 0.15) is 11.6 Å². The number of amides is 1. The van der Waals surface area contributed by atoms with Crippen LogP contribution in [0.1, 0.15) is 24.3 Å². The Bertz CT molecular complexity index is 669. The summed E-state index contributed by atoms with van der Waals surface area (Å²) in [4.78, 5) is 14.3. The van der Waals surface area contributed by atoms with Gasteiger partial charge in [-0.3, -0.25) is 4.79 Å². The first-order valence-electron chi connectivity index (χ1n) is 8.24. The van der Waals surface area contributed by atoms with Gasteiger partial charge in [0.05, 0.1) is 6.10 Å². The topological polar surface area (TPSA) is 79.4 Å². The molecular formula is C18H25N5O2. The van der Waals surface area contributed by atoms with Gasteiger partial charge in [0.2, 0.25) is 0 Å². The van der Waals surface area contributed by atoms with E-state index in [0.29, 0.717) is 11.5 Å². The third-order valence-corrected chi connectivity index (χ3v) is 3.25. The fourth-order valence-electron chi connectivity index (χ4n) is 2.04. The van der Waals surface area contributed by atoms with Crippen LogP contribution in [0.2, 0.25) is 0 Å². The fourth-order valence-corrected chi connectivity index (χ4v) is 2.04. The van der Waals surface area contributed by atoms with Crippen LogP contribution >= 0.6 is 0 Å². The zero-order valence-corrected chi connectivity index (χ0v) is 15.1. The molecule has 0 bridgehead atoms. The maximum Gasteiger partial charge on any atom is 0.276 e. The lowest BCUT2D eigenvalue weighted by atomic mass is 10.3. The number of anilines is 2. The molecule has 1 aromatic carbocycles. The lowest BCUT2D eigenvalue weighted by Crippen LogP contribution is -2.21.